The smallest absolute Gasteiger partial charge is 0.311 e. The van der Waals surface area contributed by atoms with E-state index in [0.29, 0.717) is 24.3 Å². The van der Waals surface area contributed by atoms with Crippen LogP contribution in [0.15, 0.2) is 9.59 Å². The average molecular weight is 319 g/mol. The Balaban J connectivity index is 2.36. The molecule has 0 atom stereocenters. The van der Waals surface area contributed by atoms with E-state index in [9.17, 15) is 9.59 Å². The third-order valence-corrected chi connectivity index (χ3v) is 4.42. The minimum Gasteiger partial charge on any atom is -0.311 e. The first-order valence-electron chi connectivity index (χ1n) is 8.58. The van der Waals surface area contributed by atoms with Crippen LogP contribution < -0.4 is 16.3 Å². The van der Waals surface area contributed by atoms with Crippen molar-refractivity contribution in [3.63, 3.8) is 0 Å². The van der Waals surface area contributed by atoms with E-state index in [0.717, 1.165) is 44.6 Å². The van der Waals surface area contributed by atoms with Crippen molar-refractivity contribution in [2.75, 3.05) is 18.1 Å². The number of hydrogen-bond donors (Lipinski definition) is 0. The van der Waals surface area contributed by atoms with Gasteiger partial charge in [-0.3, -0.25) is 13.9 Å². The number of aryl methyl sites for hydroxylation is 2. The summed E-state index contributed by atoms with van der Waals surface area (Å²) in [6.45, 7) is 8.78. The van der Waals surface area contributed by atoms with Crippen molar-refractivity contribution in [3.8, 4) is 0 Å². The number of imidazole rings is 1. The van der Waals surface area contributed by atoms with Crippen LogP contribution in [0.4, 0.5) is 0 Å². The van der Waals surface area contributed by atoms with Crippen molar-refractivity contribution in [2.24, 2.45) is 0 Å². The first-order valence-corrected chi connectivity index (χ1v) is 8.58. The van der Waals surface area contributed by atoms with Crippen molar-refractivity contribution in [3.05, 3.63) is 26.7 Å². The van der Waals surface area contributed by atoms with Gasteiger partial charge >= 0.3 is 5.69 Å². The van der Waals surface area contributed by atoms with E-state index in [1.807, 2.05) is 25.4 Å². The first-order chi connectivity index (χ1) is 11.1. The summed E-state index contributed by atoms with van der Waals surface area (Å²) < 4.78 is 4.96. The maximum atomic E-state index is 12.9. The van der Waals surface area contributed by atoms with Crippen LogP contribution >= 0.6 is 0 Å². The Morgan fingerprint density at radius 1 is 1.00 bits per heavy atom. The molecule has 0 aromatic carbocycles. The summed E-state index contributed by atoms with van der Waals surface area (Å²) in [7, 11) is 0. The Bertz CT molecular complexity index is 824. The SMILES string of the molecule is CCCn1c(=O)c2c(nc(C)n2N2CCCC2)n(CCC)c1=O. The van der Waals surface area contributed by atoms with Crippen LogP contribution in [0.3, 0.4) is 0 Å². The topological polar surface area (TPSA) is 65.1 Å². The van der Waals surface area contributed by atoms with Crippen molar-refractivity contribution in [2.45, 2.75) is 59.5 Å². The van der Waals surface area contributed by atoms with E-state index < -0.39 is 0 Å². The molecule has 0 saturated carbocycles. The highest BCUT2D eigenvalue weighted by Gasteiger charge is 2.24. The zero-order valence-electron chi connectivity index (χ0n) is 14.2. The fraction of sp³-hybridized carbons (Fsp3) is 0.688. The molecule has 2 aromatic heterocycles. The molecule has 0 N–H and O–H groups in total. The van der Waals surface area contributed by atoms with Gasteiger partial charge in [0.05, 0.1) is 0 Å². The summed E-state index contributed by atoms with van der Waals surface area (Å²) in [6, 6.07) is 0. The van der Waals surface area contributed by atoms with Crippen molar-refractivity contribution in [1.82, 2.24) is 18.8 Å². The summed E-state index contributed by atoms with van der Waals surface area (Å²) >= 11 is 0. The predicted molar refractivity (Wildman–Crippen MR) is 90.8 cm³/mol. The van der Waals surface area contributed by atoms with Gasteiger partial charge in [0.15, 0.2) is 11.2 Å². The molecule has 1 aliphatic heterocycles. The zero-order valence-corrected chi connectivity index (χ0v) is 14.2. The van der Waals surface area contributed by atoms with Gasteiger partial charge in [0, 0.05) is 26.2 Å². The van der Waals surface area contributed by atoms with E-state index >= 15 is 0 Å². The lowest BCUT2D eigenvalue weighted by molar-refractivity contribution is 0.552. The molecule has 0 aliphatic carbocycles. The maximum absolute atomic E-state index is 12.9. The summed E-state index contributed by atoms with van der Waals surface area (Å²) in [5.41, 5.74) is 0.619. The largest absolute Gasteiger partial charge is 0.332 e. The van der Waals surface area contributed by atoms with E-state index in [4.69, 9.17) is 0 Å². The van der Waals surface area contributed by atoms with Crippen LogP contribution in [-0.2, 0) is 13.1 Å². The lowest BCUT2D eigenvalue weighted by Gasteiger charge is -2.21. The van der Waals surface area contributed by atoms with Gasteiger partial charge < -0.3 is 5.01 Å². The van der Waals surface area contributed by atoms with Crippen molar-refractivity contribution in [1.29, 1.82) is 0 Å². The highest BCUT2D eigenvalue weighted by molar-refractivity contribution is 5.71. The second kappa shape index (κ2) is 6.22. The third kappa shape index (κ3) is 2.48. The van der Waals surface area contributed by atoms with Gasteiger partial charge in [0.2, 0.25) is 0 Å². The summed E-state index contributed by atoms with van der Waals surface area (Å²) in [5, 5.41) is 2.17. The number of hydrogen-bond acceptors (Lipinski definition) is 4. The Morgan fingerprint density at radius 3 is 2.22 bits per heavy atom. The molecule has 0 unspecified atom stereocenters. The molecule has 2 aromatic rings. The fourth-order valence-electron chi connectivity index (χ4n) is 3.43. The van der Waals surface area contributed by atoms with E-state index in [1.54, 1.807) is 4.57 Å². The van der Waals surface area contributed by atoms with Crippen LogP contribution in [0.2, 0.25) is 0 Å². The molecule has 7 nitrogen and oxygen atoms in total. The first kappa shape index (κ1) is 15.8. The molecule has 7 heteroatoms. The minimum absolute atomic E-state index is 0.216. The van der Waals surface area contributed by atoms with E-state index in [1.165, 1.54) is 4.57 Å². The van der Waals surface area contributed by atoms with Crippen LogP contribution in [0.1, 0.15) is 45.4 Å². The standard InChI is InChI=1S/C16H25N5O2/c1-4-8-19-14-13(15(22)20(9-5-2)16(19)23)21(12(3)17-14)18-10-6-7-11-18/h4-11H2,1-3H3. The Kier molecular flexibility index (Phi) is 4.28. The molecule has 126 valence electrons. The van der Waals surface area contributed by atoms with Crippen LogP contribution in [-0.4, -0.2) is 31.9 Å². The fourth-order valence-corrected chi connectivity index (χ4v) is 3.43. The number of nitrogens with zero attached hydrogens (tertiary/aromatic N) is 5. The predicted octanol–water partition coefficient (Wildman–Crippen LogP) is 1.22. The molecule has 3 rings (SSSR count). The highest BCUT2D eigenvalue weighted by atomic mass is 16.2. The highest BCUT2D eigenvalue weighted by Crippen LogP contribution is 2.16. The molecule has 1 aliphatic rings. The van der Waals surface area contributed by atoms with Gasteiger partial charge in [-0.2, -0.15) is 0 Å². The number of fused-ring (bicyclic) bond motifs is 1. The molecule has 23 heavy (non-hydrogen) atoms. The molecular formula is C16H25N5O2. The monoisotopic (exact) mass is 319 g/mol. The normalized spacial score (nSPS) is 15.0. The van der Waals surface area contributed by atoms with Crippen molar-refractivity contribution >= 4 is 11.2 Å². The summed E-state index contributed by atoms with van der Waals surface area (Å²) in [6.07, 6.45) is 3.83. The number of aromatic nitrogens is 4. The second-order valence-electron chi connectivity index (χ2n) is 6.19. The molecule has 0 bridgehead atoms. The minimum atomic E-state index is -0.239. The molecule has 1 fully saturated rings. The van der Waals surface area contributed by atoms with Gasteiger partial charge in [-0.15, -0.1) is 0 Å². The van der Waals surface area contributed by atoms with Gasteiger partial charge in [0.25, 0.3) is 5.56 Å². The van der Waals surface area contributed by atoms with E-state index in [2.05, 4.69) is 9.99 Å². The Labute approximate surface area is 135 Å². The molecule has 0 radical (unpaired) electrons. The number of rotatable bonds is 5. The second-order valence-corrected chi connectivity index (χ2v) is 6.19. The lowest BCUT2D eigenvalue weighted by Crippen LogP contribution is -2.42. The average Bonchev–Trinajstić information content (AvgIpc) is 3.15. The van der Waals surface area contributed by atoms with Gasteiger partial charge in [-0.1, -0.05) is 13.8 Å². The van der Waals surface area contributed by atoms with Crippen molar-refractivity contribution < 1.29 is 0 Å². The quantitative estimate of drug-likeness (QED) is 0.831. The lowest BCUT2D eigenvalue weighted by atomic mass is 10.4. The molecule has 0 amide bonds. The van der Waals surface area contributed by atoms with Crippen LogP contribution in [0.5, 0.6) is 0 Å². The third-order valence-electron chi connectivity index (χ3n) is 4.42. The summed E-state index contributed by atoms with van der Waals surface area (Å²) in [4.78, 5) is 30.2. The molecular weight excluding hydrogens is 294 g/mol. The Morgan fingerprint density at radius 2 is 1.61 bits per heavy atom. The van der Waals surface area contributed by atoms with Crippen LogP contribution in [0, 0.1) is 6.92 Å². The van der Waals surface area contributed by atoms with Crippen LogP contribution in [0.25, 0.3) is 11.2 Å². The van der Waals surface area contributed by atoms with Gasteiger partial charge in [-0.25, -0.2) is 14.5 Å². The molecule has 3 heterocycles. The maximum Gasteiger partial charge on any atom is 0.332 e. The molecule has 1 saturated heterocycles. The molecule has 0 spiro atoms. The zero-order chi connectivity index (χ0) is 16.6. The van der Waals surface area contributed by atoms with E-state index in [-0.39, 0.29) is 11.2 Å². The summed E-state index contributed by atoms with van der Waals surface area (Å²) in [5.74, 6) is 0.775. The van der Waals surface area contributed by atoms with Gasteiger partial charge in [0.1, 0.15) is 5.82 Å². The Hall–Kier alpha value is -2.05. The van der Waals surface area contributed by atoms with Gasteiger partial charge in [-0.05, 0) is 32.6 Å².